The predicted octanol–water partition coefficient (Wildman–Crippen LogP) is 2.30. The zero-order valence-corrected chi connectivity index (χ0v) is 14.4. The third kappa shape index (κ3) is 3.60. The molecule has 3 N–H and O–H groups in total. The average Bonchev–Trinajstić information content (AvgIpc) is 2.65. The van der Waals surface area contributed by atoms with E-state index >= 15 is 0 Å². The van der Waals surface area contributed by atoms with Crippen LogP contribution in [0.5, 0.6) is 0 Å². The van der Waals surface area contributed by atoms with Crippen molar-refractivity contribution in [3.05, 3.63) is 78.4 Å². The van der Waals surface area contributed by atoms with E-state index in [-0.39, 0.29) is 4.90 Å². The number of aliphatic carboxylic acids is 1. The molecule has 0 aliphatic heterocycles. The average molecular weight is 371 g/mol. The maximum absolute atomic E-state index is 12.8. The SMILES string of the molecule is O=C(O)[C@@H](NS(=O)(=O)c1cccc2ccccc12)[C@H](O)c1ccccc1. The molecule has 0 amide bonds. The van der Waals surface area contributed by atoms with Gasteiger partial charge in [0.05, 0.1) is 4.90 Å². The summed E-state index contributed by atoms with van der Waals surface area (Å²) >= 11 is 0. The number of aliphatic hydroxyl groups excluding tert-OH is 1. The van der Waals surface area contributed by atoms with Crippen LogP contribution in [-0.2, 0) is 14.8 Å². The minimum Gasteiger partial charge on any atom is -0.480 e. The van der Waals surface area contributed by atoms with Gasteiger partial charge in [-0.25, -0.2) is 8.42 Å². The van der Waals surface area contributed by atoms with Crippen LogP contribution in [0.4, 0.5) is 0 Å². The fourth-order valence-corrected chi connectivity index (χ4v) is 4.18. The predicted molar refractivity (Wildman–Crippen MR) is 97.1 cm³/mol. The van der Waals surface area contributed by atoms with Crippen LogP contribution in [0.15, 0.2) is 77.7 Å². The van der Waals surface area contributed by atoms with Crippen LogP contribution in [0.3, 0.4) is 0 Å². The Morgan fingerprint density at radius 3 is 2.19 bits per heavy atom. The summed E-state index contributed by atoms with van der Waals surface area (Å²) in [5.74, 6) is -1.47. The highest BCUT2D eigenvalue weighted by molar-refractivity contribution is 7.89. The summed E-state index contributed by atoms with van der Waals surface area (Å²) < 4.78 is 27.7. The van der Waals surface area contributed by atoms with E-state index in [1.807, 2.05) is 0 Å². The first-order valence-electron chi connectivity index (χ1n) is 7.86. The van der Waals surface area contributed by atoms with Gasteiger partial charge in [-0.2, -0.15) is 4.72 Å². The lowest BCUT2D eigenvalue weighted by Gasteiger charge is -2.21. The van der Waals surface area contributed by atoms with Crippen molar-refractivity contribution >= 4 is 26.8 Å². The fraction of sp³-hybridized carbons (Fsp3) is 0.105. The number of hydrogen-bond donors (Lipinski definition) is 3. The van der Waals surface area contributed by atoms with Gasteiger partial charge in [0.25, 0.3) is 0 Å². The molecule has 0 fully saturated rings. The van der Waals surface area contributed by atoms with Gasteiger partial charge >= 0.3 is 5.97 Å². The molecule has 0 aliphatic carbocycles. The van der Waals surface area contributed by atoms with Crippen LogP contribution in [0.1, 0.15) is 11.7 Å². The van der Waals surface area contributed by atoms with Crippen LogP contribution < -0.4 is 4.72 Å². The molecule has 0 unspecified atom stereocenters. The molecule has 0 bridgehead atoms. The van der Waals surface area contributed by atoms with Crippen LogP contribution in [0.2, 0.25) is 0 Å². The molecule has 134 valence electrons. The van der Waals surface area contributed by atoms with Crippen molar-refractivity contribution in [2.75, 3.05) is 0 Å². The van der Waals surface area contributed by atoms with Crippen molar-refractivity contribution in [1.29, 1.82) is 0 Å². The zero-order valence-electron chi connectivity index (χ0n) is 13.6. The summed E-state index contributed by atoms with van der Waals surface area (Å²) in [7, 11) is -4.17. The number of rotatable bonds is 6. The minimum atomic E-state index is -4.17. The topological polar surface area (TPSA) is 104 Å². The highest BCUT2D eigenvalue weighted by Crippen LogP contribution is 2.24. The molecule has 0 spiro atoms. The molecule has 7 heteroatoms. The Bertz CT molecular complexity index is 1030. The van der Waals surface area contributed by atoms with Crippen molar-refractivity contribution in [3.8, 4) is 0 Å². The van der Waals surface area contributed by atoms with Crippen molar-refractivity contribution in [2.24, 2.45) is 0 Å². The molecular formula is C19H17NO5S. The Kier molecular flexibility index (Phi) is 5.03. The highest BCUT2D eigenvalue weighted by atomic mass is 32.2. The van der Waals surface area contributed by atoms with Gasteiger partial charge in [0.2, 0.25) is 10.0 Å². The number of aliphatic hydroxyl groups is 1. The number of hydrogen-bond acceptors (Lipinski definition) is 4. The molecule has 0 radical (unpaired) electrons. The van der Waals surface area contributed by atoms with Gasteiger partial charge in [-0.1, -0.05) is 66.7 Å². The van der Waals surface area contributed by atoms with Gasteiger partial charge in [-0.15, -0.1) is 0 Å². The summed E-state index contributed by atoms with van der Waals surface area (Å²) in [6.07, 6.45) is -1.53. The normalized spacial score (nSPS) is 14.0. The fourth-order valence-electron chi connectivity index (χ4n) is 2.75. The van der Waals surface area contributed by atoms with Crippen molar-refractivity contribution in [2.45, 2.75) is 17.0 Å². The molecule has 6 nitrogen and oxygen atoms in total. The zero-order chi connectivity index (χ0) is 18.7. The van der Waals surface area contributed by atoms with Crippen molar-refractivity contribution < 1.29 is 23.4 Å². The molecule has 3 aromatic carbocycles. The molecule has 3 rings (SSSR count). The molecule has 26 heavy (non-hydrogen) atoms. The third-order valence-electron chi connectivity index (χ3n) is 4.04. The Morgan fingerprint density at radius 1 is 0.885 bits per heavy atom. The molecule has 0 aromatic heterocycles. The lowest BCUT2D eigenvalue weighted by Crippen LogP contribution is -2.44. The van der Waals surface area contributed by atoms with E-state index in [2.05, 4.69) is 4.72 Å². The summed E-state index contributed by atoms with van der Waals surface area (Å²) in [4.78, 5) is 11.6. The molecule has 3 aromatic rings. The number of carboxylic acid groups (broad SMARTS) is 1. The largest absolute Gasteiger partial charge is 0.480 e. The Balaban J connectivity index is 1.99. The van der Waals surface area contributed by atoms with E-state index in [1.165, 1.54) is 18.2 Å². The van der Waals surface area contributed by atoms with E-state index < -0.39 is 28.1 Å². The summed E-state index contributed by atoms with van der Waals surface area (Å²) in [6.45, 7) is 0. The highest BCUT2D eigenvalue weighted by Gasteiger charge is 2.33. The standard InChI is InChI=1S/C19H17NO5S/c21-18(14-8-2-1-3-9-14)17(19(22)23)20-26(24,25)16-12-6-10-13-7-4-5-11-15(13)16/h1-12,17-18,20-21H,(H,22,23)/t17-,18+/m0/s1. The number of carbonyl (C=O) groups is 1. The second-order valence-corrected chi connectivity index (χ2v) is 7.45. The molecule has 2 atom stereocenters. The van der Waals surface area contributed by atoms with Crippen LogP contribution in [0, 0.1) is 0 Å². The number of benzene rings is 3. The monoisotopic (exact) mass is 371 g/mol. The van der Waals surface area contributed by atoms with Gasteiger partial charge in [0.1, 0.15) is 12.1 Å². The second-order valence-electron chi connectivity index (χ2n) is 5.77. The van der Waals surface area contributed by atoms with E-state index in [4.69, 9.17) is 0 Å². The Hall–Kier alpha value is -2.74. The third-order valence-corrected chi connectivity index (χ3v) is 5.54. The Morgan fingerprint density at radius 2 is 1.50 bits per heavy atom. The smallest absolute Gasteiger partial charge is 0.324 e. The maximum Gasteiger partial charge on any atom is 0.324 e. The van der Waals surface area contributed by atoms with Gasteiger partial charge in [-0.3, -0.25) is 4.79 Å². The van der Waals surface area contributed by atoms with E-state index in [1.54, 1.807) is 54.6 Å². The quantitative estimate of drug-likeness (QED) is 0.617. The molecule has 0 saturated carbocycles. The first-order chi connectivity index (χ1) is 12.4. The summed E-state index contributed by atoms with van der Waals surface area (Å²) in [6, 6.07) is 18.0. The minimum absolute atomic E-state index is 0.0397. The van der Waals surface area contributed by atoms with Crippen molar-refractivity contribution in [1.82, 2.24) is 4.72 Å². The summed E-state index contributed by atoms with van der Waals surface area (Å²) in [5, 5.41) is 21.0. The Labute approximate surface area is 150 Å². The van der Waals surface area contributed by atoms with Gasteiger partial charge in [-0.05, 0) is 17.0 Å². The van der Waals surface area contributed by atoms with E-state index in [0.29, 0.717) is 16.3 Å². The van der Waals surface area contributed by atoms with E-state index in [9.17, 15) is 23.4 Å². The number of sulfonamides is 1. The van der Waals surface area contributed by atoms with Crippen LogP contribution >= 0.6 is 0 Å². The summed E-state index contributed by atoms with van der Waals surface area (Å²) in [5.41, 5.74) is 0.306. The molecule has 0 aliphatic rings. The van der Waals surface area contributed by atoms with Crippen molar-refractivity contribution in [3.63, 3.8) is 0 Å². The number of carboxylic acids is 1. The maximum atomic E-state index is 12.8. The van der Waals surface area contributed by atoms with E-state index in [0.717, 1.165) is 0 Å². The van der Waals surface area contributed by atoms with Gasteiger partial charge < -0.3 is 10.2 Å². The first-order valence-corrected chi connectivity index (χ1v) is 9.34. The lowest BCUT2D eigenvalue weighted by molar-refractivity contribution is -0.141. The van der Waals surface area contributed by atoms with Gasteiger partial charge in [0, 0.05) is 5.39 Å². The second kappa shape index (κ2) is 7.25. The number of nitrogens with one attached hydrogen (secondary N) is 1. The van der Waals surface area contributed by atoms with Crippen LogP contribution in [-0.4, -0.2) is 30.6 Å². The molecule has 0 saturated heterocycles. The van der Waals surface area contributed by atoms with Crippen LogP contribution in [0.25, 0.3) is 10.8 Å². The molecule has 0 heterocycles. The first kappa shape index (κ1) is 18.1. The van der Waals surface area contributed by atoms with Gasteiger partial charge in [0.15, 0.2) is 0 Å². The lowest BCUT2D eigenvalue weighted by atomic mass is 10.0. The number of fused-ring (bicyclic) bond motifs is 1. The molecular weight excluding hydrogens is 354 g/mol.